The van der Waals surface area contributed by atoms with Gasteiger partial charge in [0.25, 0.3) is 0 Å². The molecule has 1 saturated heterocycles. The number of ether oxygens (including phenoxy) is 1. The number of aromatic nitrogens is 1. The third-order valence-electron chi connectivity index (χ3n) is 6.97. The Labute approximate surface area is 231 Å². The number of hydrogen-bond donors (Lipinski definition) is 4. The third kappa shape index (κ3) is 6.77. The van der Waals surface area contributed by atoms with Crippen LogP contribution in [0.2, 0.25) is 0 Å². The highest BCUT2D eigenvalue weighted by molar-refractivity contribution is 8.00. The van der Waals surface area contributed by atoms with E-state index in [9.17, 15) is 13.2 Å². The summed E-state index contributed by atoms with van der Waals surface area (Å²) in [5, 5.41) is 12.3. The van der Waals surface area contributed by atoms with Crippen molar-refractivity contribution in [1.82, 2.24) is 9.88 Å². The Hall–Kier alpha value is -3.44. The van der Waals surface area contributed by atoms with Gasteiger partial charge in [0, 0.05) is 30.8 Å². The number of alkyl halides is 2. The molecule has 0 amide bonds. The van der Waals surface area contributed by atoms with Crippen molar-refractivity contribution < 1.29 is 17.9 Å². The highest BCUT2D eigenvalue weighted by Crippen LogP contribution is 2.38. The Morgan fingerprint density at radius 2 is 1.87 bits per heavy atom. The quantitative estimate of drug-likeness (QED) is 0.167. The van der Waals surface area contributed by atoms with Crippen LogP contribution in [0.25, 0.3) is 0 Å². The number of pyridine rings is 1. The zero-order chi connectivity index (χ0) is 28.1. The number of halogens is 3. The SMILES string of the molecule is CNc1c(C2CCN(C)CC2)cnc(N)c1C(=N)c1ccc(NSC(F)F)c(OC(C)c2ccc(F)cc2)c1. The average molecular weight is 559 g/mol. The van der Waals surface area contributed by atoms with E-state index >= 15 is 0 Å². The molecular formula is C28H33F3N6OS. The number of nitrogens with one attached hydrogen (secondary N) is 3. The average Bonchev–Trinajstić information content (AvgIpc) is 2.92. The van der Waals surface area contributed by atoms with Crippen molar-refractivity contribution in [2.24, 2.45) is 0 Å². The summed E-state index contributed by atoms with van der Waals surface area (Å²) in [6.45, 7) is 3.73. The van der Waals surface area contributed by atoms with E-state index in [0.717, 1.165) is 37.2 Å². The van der Waals surface area contributed by atoms with Crippen LogP contribution >= 0.6 is 11.9 Å². The highest BCUT2D eigenvalue weighted by atomic mass is 32.2. The van der Waals surface area contributed by atoms with Gasteiger partial charge in [0.15, 0.2) is 0 Å². The largest absolute Gasteiger partial charge is 0.484 e. The fourth-order valence-electron chi connectivity index (χ4n) is 4.80. The molecule has 0 aliphatic carbocycles. The van der Waals surface area contributed by atoms with Gasteiger partial charge in [0.1, 0.15) is 23.5 Å². The number of nitrogens with two attached hydrogens (primary N) is 1. The molecule has 0 radical (unpaired) electrons. The van der Waals surface area contributed by atoms with E-state index in [0.29, 0.717) is 22.4 Å². The molecule has 0 saturated carbocycles. The van der Waals surface area contributed by atoms with Crippen LogP contribution in [0, 0.1) is 11.2 Å². The van der Waals surface area contributed by atoms with Gasteiger partial charge in [-0.05, 0) is 81.2 Å². The molecule has 1 aliphatic rings. The van der Waals surface area contributed by atoms with Crippen molar-refractivity contribution in [1.29, 1.82) is 5.41 Å². The van der Waals surface area contributed by atoms with E-state index in [4.69, 9.17) is 15.9 Å². The van der Waals surface area contributed by atoms with E-state index < -0.39 is 11.9 Å². The standard InChI is InChI=1S/C28H33F3N6OS/c1-16(17-4-7-20(29)8-5-17)38-23-14-19(6-9-22(23)36-39-28(30)31)25(32)24-26(34-2)21(15-35-27(24)33)18-10-12-37(3)13-11-18/h4-9,14-16,18,28,32,36H,10-13H2,1-3H3,(H3,33,34,35). The molecule has 0 spiro atoms. The zero-order valence-corrected chi connectivity index (χ0v) is 22.9. The van der Waals surface area contributed by atoms with Crippen LogP contribution in [-0.2, 0) is 0 Å². The van der Waals surface area contributed by atoms with Gasteiger partial charge in [-0.3, -0.25) is 5.41 Å². The van der Waals surface area contributed by atoms with Gasteiger partial charge in [-0.25, -0.2) is 9.37 Å². The predicted molar refractivity (Wildman–Crippen MR) is 153 cm³/mol. The van der Waals surface area contributed by atoms with Crippen molar-refractivity contribution in [3.8, 4) is 5.75 Å². The molecule has 1 aromatic heterocycles. The van der Waals surface area contributed by atoms with Crippen LogP contribution in [0.1, 0.15) is 54.0 Å². The third-order valence-corrected chi connectivity index (χ3v) is 7.48. The lowest BCUT2D eigenvalue weighted by Crippen LogP contribution is -2.29. The van der Waals surface area contributed by atoms with Gasteiger partial charge in [0.2, 0.25) is 0 Å². The summed E-state index contributed by atoms with van der Waals surface area (Å²) in [4.78, 5) is 6.73. The van der Waals surface area contributed by atoms with Crippen molar-refractivity contribution in [2.75, 3.05) is 43.0 Å². The summed E-state index contributed by atoms with van der Waals surface area (Å²) in [5.74, 6) is -2.23. The first-order chi connectivity index (χ1) is 18.7. The molecule has 1 unspecified atom stereocenters. The number of anilines is 3. The molecule has 5 N–H and O–H groups in total. The highest BCUT2D eigenvalue weighted by Gasteiger charge is 2.26. The maximum absolute atomic E-state index is 13.4. The summed E-state index contributed by atoms with van der Waals surface area (Å²) in [6, 6.07) is 10.7. The smallest absolute Gasteiger partial charge is 0.302 e. The zero-order valence-electron chi connectivity index (χ0n) is 22.1. The van der Waals surface area contributed by atoms with E-state index in [1.165, 1.54) is 12.1 Å². The topological polar surface area (TPSA) is 99.3 Å². The van der Waals surface area contributed by atoms with Crippen LogP contribution in [-0.4, -0.2) is 48.5 Å². The monoisotopic (exact) mass is 558 g/mol. The van der Waals surface area contributed by atoms with E-state index in [1.54, 1.807) is 50.5 Å². The maximum Gasteiger partial charge on any atom is 0.302 e. The molecule has 1 fully saturated rings. The molecule has 7 nitrogen and oxygen atoms in total. The summed E-state index contributed by atoms with van der Waals surface area (Å²) in [6.07, 6.45) is 3.23. The van der Waals surface area contributed by atoms with Crippen molar-refractivity contribution in [2.45, 2.75) is 37.5 Å². The first-order valence-corrected chi connectivity index (χ1v) is 13.6. The first kappa shape index (κ1) is 28.6. The molecule has 2 heterocycles. The number of likely N-dealkylation sites (tertiary alicyclic amines) is 1. The molecule has 11 heteroatoms. The molecule has 1 atom stereocenters. The van der Waals surface area contributed by atoms with E-state index in [-0.39, 0.29) is 41.0 Å². The number of nitrogens with zero attached hydrogens (tertiary/aromatic N) is 2. The van der Waals surface area contributed by atoms with Gasteiger partial charge in [-0.1, -0.05) is 18.2 Å². The minimum Gasteiger partial charge on any atom is -0.484 e. The Kier molecular flexibility index (Phi) is 9.24. The normalized spacial score (nSPS) is 15.3. The van der Waals surface area contributed by atoms with Crippen molar-refractivity contribution in [3.63, 3.8) is 0 Å². The van der Waals surface area contributed by atoms with Crippen molar-refractivity contribution >= 4 is 34.9 Å². The molecule has 2 aromatic carbocycles. The van der Waals surface area contributed by atoms with Gasteiger partial charge in [0.05, 0.1) is 22.6 Å². The summed E-state index contributed by atoms with van der Waals surface area (Å²) in [5.41, 5.74) is 10.2. The lowest BCUT2D eigenvalue weighted by Gasteiger charge is -2.31. The number of rotatable bonds is 10. The minimum atomic E-state index is -2.64. The van der Waals surface area contributed by atoms with Crippen molar-refractivity contribution in [3.05, 3.63) is 76.7 Å². The van der Waals surface area contributed by atoms with Crippen LogP contribution in [0.4, 0.5) is 30.4 Å². The molecule has 39 heavy (non-hydrogen) atoms. The fourth-order valence-corrected chi connectivity index (χ4v) is 5.18. The van der Waals surface area contributed by atoms with Crippen LogP contribution < -0.4 is 20.5 Å². The Bertz CT molecular complexity index is 1300. The van der Waals surface area contributed by atoms with E-state index in [1.807, 2.05) is 0 Å². The number of hydrogen-bond acceptors (Lipinski definition) is 8. The summed E-state index contributed by atoms with van der Waals surface area (Å²) < 4.78 is 48.1. The molecule has 208 valence electrons. The Morgan fingerprint density at radius 3 is 2.51 bits per heavy atom. The second-order valence-corrected chi connectivity index (χ2v) is 10.4. The number of piperidine rings is 1. The van der Waals surface area contributed by atoms with Crippen LogP contribution in [0.3, 0.4) is 0 Å². The van der Waals surface area contributed by atoms with Gasteiger partial charge in [-0.15, -0.1) is 0 Å². The summed E-state index contributed by atoms with van der Waals surface area (Å²) >= 11 is 0.250. The second-order valence-electron chi connectivity index (χ2n) is 9.55. The van der Waals surface area contributed by atoms with Crippen LogP contribution in [0.15, 0.2) is 48.7 Å². The Balaban J connectivity index is 1.69. The predicted octanol–water partition coefficient (Wildman–Crippen LogP) is 6.49. The maximum atomic E-state index is 13.4. The lowest BCUT2D eigenvalue weighted by atomic mass is 9.87. The molecule has 3 aromatic rings. The molecular weight excluding hydrogens is 525 g/mol. The number of benzene rings is 2. The Morgan fingerprint density at radius 1 is 1.18 bits per heavy atom. The van der Waals surface area contributed by atoms with E-state index in [2.05, 4.69) is 27.0 Å². The fraction of sp³-hybridized carbons (Fsp3) is 0.357. The second kappa shape index (κ2) is 12.6. The van der Waals surface area contributed by atoms with Gasteiger partial charge >= 0.3 is 5.76 Å². The van der Waals surface area contributed by atoms with Crippen LogP contribution in [0.5, 0.6) is 5.75 Å². The molecule has 4 rings (SSSR count). The lowest BCUT2D eigenvalue weighted by molar-refractivity contribution is 0.228. The van der Waals surface area contributed by atoms with Gasteiger partial charge in [-0.2, -0.15) is 8.78 Å². The molecule has 0 bridgehead atoms. The number of nitrogen functional groups attached to an aromatic ring is 1. The first-order valence-electron chi connectivity index (χ1n) is 12.7. The molecule has 1 aliphatic heterocycles. The summed E-state index contributed by atoms with van der Waals surface area (Å²) in [7, 11) is 3.91. The van der Waals surface area contributed by atoms with Gasteiger partial charge < -0.3 is 25.4 Å². The minimum absolute atomic E-state index is 0.131.